The molecular formula is C20H15F2NO3. The Bertz CT molecular complexity index is 1030. The summed E-state index contributed by atoms with van der Waals surface area (Å²) < 4.78 is 31.9. The molecule has 26 heavy (non-hydrogen) atoms. The highest BCUT2D eigenvalue weighted by atomic mass is 19.1. The molecule has 6 heteroatoms. The zero-order valence-corrected chi connectivity index (χ0v) is 14.2. The number of hydrogen-bond donors (Lipinski definition) is 0. The van der Waals surface area contributed by atoms with Crippen molar-refractivity contribution in [3.8, 4) is 0 Å². The van der Waals surface area contributed by atoms with Crippen LogP contribution in [0.4, 0.5) is 8.78 Å². The van der Waals surface area contributed by atoms with Crippen molar-refractivity contribution in [1.29, 1.82) is 0 Å². The van der Waals surface area contributed by atoms with Gasteiger partial charge < -0.3 is 4.74 Å². The number of carbonyl (C=O) groups excluding carboxylic acids is 2. The number of aryl methyl sites for hydroxylation is 2. The number of esters is 1. The van der Waals surface area contributed by atoms with E-state index in [1.165, 1.54) is 0 Å². The minimum absolute atomic E-state index is 0.260. The van der Waals surface area contributed by atoms with Crippen LogP contribution >= 0.6 is 0 Å². The van der Waals surface area contributed by atoms with E-state index in [1.54, 1.807) is 13.8 Å². The van der Waals surface area contributed by atoms with Gasteiger partial charge in [0.25, 0.3) is 0 Å². The van der Waals surface area contributed by atoms with E-state index < -0.39 is 35.6 Å². The van der Waals surface area contributed by atoms with E-state index in [9.17, 15) is 18.4 Å². The Morgan fingerprint density at radius 1 is 1.08 bits per heavy atom. The standard InChI is InChI=1S/C20H15F2NO3/c1-11-14-5-3-4-6-17(14)23-12(2)19(11)20(25)26-10-18(24)15-9-13(21)7-8-16(15)22/h3-9H,10H2,1-2H3. The van der Waals surface area contributed by atoms with Gasteiger partial charge in [0.05, 0.1) is 22.3 Å². The first-order valence-electron chi connectivity index (χ1n) is 7.90. The predicted octanol–water partition coefficient (Wildman–Crippen LogP) is 4.17. The molecule has 0 bridgehead atoms. The summed E-state index contributed by atoms with van der Waals surface area (Å²) in [5.41, 5.74) is 1.70. The Labute approximate surface area is 148 Å². The number of rotatable bonds is 4. The molecule has 0 unspecified atom stereocenters. The van der Waals surface area contributed by atoms with Crippen molar-refractivity contribution in [3.63, 3.8) is 0 Å². The van der Waals surface area contributed by atoms with Crippen molar-refractivity contribution in [2.24, 2.45) is 0 Å². The molecule has 0 aliphatic rings. The number of nitrogens with zero attached hydrogens (tertiary/aromatic N) is 1. The van der Waals surface area contributed by atoms with Gasteiger partial charge in [-0.3, -0.25) is 9.78 Å². The highest BCUT2D eigenvalue weighted by molar-refractivity contribution is 6.01. The minimum Gasteiger partial charge on any atom is -0.454 e. The largest absolute Gasteiger partial charge is 0.454 e. The van der Waals surface area contributed by atoms with Crippen LogP contribution in [0.1, 0.15) is 32.0 Å². The lowest BCUT2D eigenvalue weighted by Gasteiger charge is -2.12. The lowest BCUT2D eigenvalue weighted by molar-refractivity contribution is 0.0471. The number of carbonyl (C=O) groups is 2. The molecule has 0 fully saturated rings. The van der Waals surface area contributed by atoms with E-state index in [0.29, 0.717) is 11.3 Å². The molecule has 2 aromatic carbocycles. The van der Waals surface area contributed by atoms with Gasteiger partial charge in [0.15, 0.2) is 6.61 Å². The Balaban J connectivity index is 1.83. The summed E-state index contributed by atoms with van der Waals surface area (Å²) in [6, 6.07) is 9.88. The van der Waals surface area contributed by atoms with Gasteiger partial charge in [-0.25, -0.2) is 13.6 Å². The molecule has 0 saturated heterocycles. The predicted molar refractivity (Wildman–Crippen MR) is 92.2 cm³/mol. The second kappa shape index (κ2) is 7.00. The summed E-state index contributed by atoms with van der Waals surface area (Å²) >= 11 is 0. The van der Waals surface area contributed by atoms with Crippen molar-refractivity contribution in [3.05, 3.63) is 76.5 Å². The van der Waals surface area contributed by atoms with Gasteiger partial charge in [-0.15, -0.1) is 0 Å². The third-order valence-corrected chi connectivity index (χ3v) is 4.10. The first-order chi connectivity index (χ1) is 12.4. The van der Waals surface area contributed by atoms with Gasteiger partial charge in [-0.05, 0) is 43.7 Å². The van der Waals surface area contributed by atoms with Gasteiger partial charge in [-0.1, -0.05) is 18.2 Å². The fourth-order valence-corrected chi connectivity index (χ4v) is 2.82. The highest BCUT2D eigenvalue weighted by Gasteiger charge is 2.20. The maximum atomic E-state index is 13.6. The Hall–Kier alpha value is -3.15. The van der Waals surface area contributed by atoms with E-state index >= 15 is 0 Å². The van der Waals surface area contributed by atoms with Crippen LogP contribution in [0, 0.1) is 25.5 Å². The molecule has 1 heterocycles. The molecular weight excluding hydrogens is 340 g/mol. The molecule has 4 nitrogen and oxygen atoms in total. The van der Waals surface area contributed by atoms with E-state index in [4.69, 9.17) is 4.74 Å². The normalized spacial score (nSPS) is 10.8. The monoisotopic (exact) mass is 355 g/mol. The van der Waals surface area contributed by atoms with Crippen LogP contribution in [-0.2, 0) is 4.74 Å². The lowest BCUT2D eigenvalue weighted by atomic mass is 10.0. The average molecular weight is 355 g/mol. The van der Waals surface area contributed by atoms with Crippen molar-refractivity contribution in [2.45, 2.75) is 13.8 Å². The van der Waals surface area contributed by atoms with Gasteiger partial charge in [0, 0.05) is 5.39 Å². The number of Topliss-reactive ketones (excluding diaryl/α,β-unsaturated/α-hetero) is 1. The van der Waals surface area contributed by atoms with E-state index in [0.717, 1.165) is 29.1 Å². The number of benzene rings is 2. The molecule has 0 N–H and O–H groups in total. The first kappa shape index (κ1) is 17.7. The number of hydrogen-bond acceptors (Lipinski definition) is 4. The van der Waals surface area contributed by atoms with Gasteiger partial charge in [0.1, 0.15) is 11.6 Å². The number of ketones is 1. The van der Waals surface area contributed by atoms with Crippen LogP contribution in [0.25, 0.3) is 10.9 Å². The molecule has 3 aromatic rings. The molecule has 0 amide bonds. The topological polar surface area (TPSA) is 56.3 Å². The Morgan fingerprint density at radius 3 is 2.58 bits per heavy atom. The zero-order chi connectivity index (χ0) is 18.8. The fraction of sp³-hybridized carbons (Fsp3) is 0.150. The third kappa shape index (κ3) is 3.31. The number of ether oxygens (including phenoxy) is 1. The SMILES string of the molecule is Cc1nc2ccccc2c(C)c1C(=O)OCC(=O)c1cc(F)ccc1F. The van der Waals surface area contributed by atoms with Crippen LogP contribution in [0.5, 0.6) is 0 Å². The van der Waals surface area contributed by atoms with E-state index in [-0.39, 0.29) is 5.56 Å². The van der Waals surface area contributed by atoms with Gasteiger partial charge in [-0.2, -0.15) is 0 Å². The van der Waals surface area contributed by atoms with Gasteiger partial charge >= 0.3 is 5.97 Å². The quantitative estimate of drug-likeness (QED) is 0.521. The van der Waals surface area contributed by atoms with E-state index in [2.05, 4.69) is 4.98 Å². The molecule has 0 aliphatic heterocycles. The number of aromatic nitrogens is 1. The summed E-state index contributed by atoms with van der Waals surface area (Å²) in [7, 11) is 0. The van der Waals surface area contributed by atoms with Crippen molar-refractivity contribution in [1.82, 2.24) is 4.98 Å². The number of halogens is 2. The summed E-state index contributed by atoms with van der Waals surface area (Å²) in [5, 5.41) is 0.799. The van der Waals surface area contributed by atoms with Crippen LogP contribution in [0.2, 0.25) is 0 Å². The molecule has 0 radical (unpaired) electrons. The highest BCUT2D eigenvalue weighted by Crippen LogP contribution is 2.23. The van der Waals surface area contributed by atoms with Crippen molar-refractivity contribution < 1.29 is 23.1 Å². The average Bonchev–Trinajstić information content (AvgIpc) is 2.61. The summed E-state index contributed by atoms with van der Waals surface area (Å²) in [6.07, 6.45) is 0. The van der Waals surface area contributed by atoms with E-state index in [1.807, 2.05) is 24.3 Å². The van der Waals surface area contributed by atoms with Crippen molar-refractivity contribution >= 4 is 22.7 Å². The molecule has 0 atom stereocenters. The maximum Gasteiger partial charge on any atom is 0.340 e. The fourth-order valence-electron chi connectivity index (χ4n) is 2.82. The Morgan fingerprint density at radius 2 is 1.81 bits per heavy atom. The van der Waals surface area contributed by atoms with Crippen LogP contribution in [0.3, 0.4) is 0 Å². The summed E-state index contributed by atoms with van der Waals surface area (Å²) in [4.78, 5) is 28.8. The summed E-state index contributed by atoms with van der Waals surface area (Å²) in [5.74, 6) is -3.17. The molecule has 132 valence electrons. The number of fused-ring (bicyclic) bond motifs is 1. The molecule has 0 spiro atoms. The Kier molecular flexibility index (Phi) is 4.75. The second-order valence-corrected chi connectivity index (χ2v) is 5.84. The zero-order valence-electron chi connectivity index (χ0n) is 14.2. The number of pyridine rings is 1. The van der Waals surface area contributed by atoms with Crippen LogP contribution < -0.4 is 0 Å². The third-order valence-electron chi connectivity index (χ3n) is 4.10. The molecule has 3 rings (SSSR count). The summed E-state index contributed by atoms with van der Waals surface area (Å²) in [6.45, 7) is 2.75. The smallest absolute Gasteiger partial charge is 0.340 e. The van der Waals surface area contributed by atoms with Crippen molar-refractivity contribution in [2.75, 3.05) is 6.61 Å². The molecule has 0 aliphatic carbocycles. The number of para-hydroxylation sites is 1. The minimum atomic E-state index is -0.868. The maximum absolute atomic E-state index is 13.6. The second-order valence-electron chi connectivity index (χ2n) is 5.84. The van der Waals surface area contributed by atoms with Gasteiger partial charge in [0.2, 0.25) is 5.78 Å². The molecule has 1 aromatic heterocycles. The van der Waals surface area contributed by atoms with Crippen LogP contribution in [0.15, 0.2) is 42.5 Å². The molecule has 0 saturated carbocycles. The lowest BCUT2D eigenvalue weighted by Crippen LogP contribution is -2.17. The first-order valence-corrected chi connectivity index (χ1v) is 7.90. The van der Waals surface area contributed by atoms with Crippen LogP contribution in [-0.4, -0.2) is 23.3 Å².